The van der Waals surface area contributed by atoms with Crippen molar-refractivity contribution in [3.63, 3.8) is 0 Å². The van der Waals surface area contributed by atoms with Crippen LogP contribution in [0.25, 0.3) is 0 Å². The summed E-state index contributed by atoms with van der Waals surface area (Å²) >= 11 is 0. The van der Waals surface area contributed by atoms with E-state index in [0.29, 0.717) is 0 Å². The smallest absolute Gasteiger partial charge is 0.0729 e. The minimum absolute atomic E-state index is 0.214. The molecule has 1 aromatic carbocycles. The lowest BCUT2D eigenvalue weighted by Gasteiger charge is -2.28. The first-order valence-electron chi connectivity index (χ1n) is 5.34. The van der Waals surface area contributed by atoms with Crippen LogP contribution >= 0.6 is 0 Å². The zero-order valence-corrected chi connectivity index (χ0v) is 8.53. The normalized spacial score (nSPS) is 39.5. The molecule has 0 amide bonds. The van der Waals surface area contributed by atoms with E-state index >= 15 is 0 Å². The van der Waals surface area contributed by atoms with Crippen molar-refractivity contribution in [3.8, 4) is 0 Å². The van der Waals surface area contributed by atoms with Crippen LogP contribution in [0, 0.1) is 0 Å². The van der Waals surface area contributed by atoms with E-state index in [-0.39, 0.29) is 5.66 Å². The van der Waals surface area contributed by atoms with E-state index in [1.807, 2.05) is 0 Å². The molecule has 0 spiro atoms. The van der Waals surface area contributed by atoms with E-state index in [2.05, 4.69) is 47.5 Å². The first-order chi connectivity index (χ1) is 6.78. The number of hydrogen-bond acceptors (Lipinski definition) is 2. The highest BCUT2D eigenvalue weighted by Gasteiger charge is 2.52. The van der Waals surface area contributed by atoms with Crippen LogP contribution in [-0.4, -0.2) is 29.7 Å². The molecule has 0 aliphatic carbocycles. The second-order valence-corrected chi connectivity index (χ2v) is 4.62. The Labute approximate surface area is 84.9 Å². The molecule has 2 heteroatoms. The van der Waals surface area contributed by atoms with Crippen LogP contribution in [0.1, 0.15) is 12.5 Å². The molecule has 0 aromatic heterocycles. The van der Waals surface area contributed by atoms with Gasteiger partial charge in [0, 0.05) is 25.6 Å². The molecule has 0 saturated carbocycles. The number of benzene rings is 1. The fraction of sp³-hybridized carbons (Fsp3) is 0.500. The van der Waals surface area contributed by atoms with E-state index in [0.717, 1.165) is 12.5 Å². The van der Waals surface area contributed by atoms with Gasteiger partial charge >= 0.3 is 0 Å². The van der Waals surface area contributed by atoms with Gasteiger partial charge in [0.1, 0.15) is 0 Å². The number of fused-ring (bicyclic) bond motifs is 1. The molecule has 3 atom stereocenters. The van der Waals surface area contributed by atoms with Crippen LogP contribution < -0.4 is 5.32 Å². The summed E-state index contributed by atoms with van der Waals surface area (Å²) in [6, 6.07) is 11.6. The third-order valence-electron chi connectivity index (χ3n) is 3.46. The van der Waals surface area contributed by atoms with Gasteiger partial charge in [0.15, 0.2) is 0 Å². The van der Waals surface area contributed by atoms with Crippen LogP contribution in [0.3, 0.4) is 0 Å². The molecule has 74 valence electrons. The van der Waals surface area contributed by atoms with E-state index in [4.69, 9.17) is 0 Å². The molecule has 0 bridgehead atoms. The first kappa shape index (κ1) is 8.45. The molecule has 2 saturated heterocycles. The van der Waals surface area contributed by atoms with E-state index in [1.165, 1.54) is 18.7 Å². The maximum Gasteiger partial charge on any atom is 0.0729 e. The van der Waals surface area contributed by atoms with Crippen molar-refractivity contribution in [1.29, 1.82) is 0 Å². The van der Waals surface area contributed by atoms with Gasteiger partial charge in [-0.25, -0.2) is 0 Å². The van der Waals surface area contributed by atoms with Gasteiger partial charge < -0.3 is 0 Å². The van der Waals surface area contributed by atoms with E-state index in [9.17, 15) is 0 Å². The van der Waals surface area contributed by atoms with Gasteiger partial charge in [0.2, 0.25) is 0 Å². The van der Waals surface area contributed by atoms with Crippen LogP contribution in [0.15, 0.2) is 30.3 Å². The van der Waals surface area contributed by atoms with Gasteiger partial charge in [-0.1, -0.05) is 30.3 Å². The van der Waals surface area contributed by atoms with Crippen molar-refractivity contribution in [2.75, 3.05) is 13.1 Å². The Kier molecular flexibility index (Phi) is 1.70. The lowest BCUT2D eigenvalue weighted by atomic mass is 10.0. The monoisotopic (exact) mass is 188 g/mol. The highest BCUT2D eigenvalue weighted by Crippen LogP contribution is 2.35. The summed E-state index contributed by atoms with van der Waals surface area (Å²) in [5.74, 6) is 0. The largest absolute Gasteiger partial charge is 0.297 e. The molecule has 2 nitrogen and oxygen atoms in total. The average molecular weight is 188 g/mol. The lowest BCUT2D eigenvalue weighted by molar-refractivity contribution is 0.238. The Morgan fingerprint density at radius 3 is 2.79 bits per heavy atom. The quantitative estimate of drug-likeness (QED) is 0.702. The number of nitrogens with zero attached hydrogens (tertiary/aromatic N) is 1. The first-order valence-corrected chi connectivity index (χ1v) is 5.34. The minimum Gasteiger partial charge on any atom is -0.297 e. The van der Waals surface area contributed by atoms with Gasteiger partial charge in [0.25, 0.3) is 0 Å². The molecule has 3 unspecified atom stereocenters. The van der Waals surface area contributed by atoms with Crippen molar-refractivity contribution >= 4 is 0 Å². The minimum atomic E-state index is 0.214. The average Bonchev–Trinajstić information content (AvgIpc) is 2.91. The SMILES string of the molecule is CC1(Cc2ccccc2)NCC2CN21. The van der Waals surface area contributed by atoms with Crippen molar-refractivity contribution < 1.29 is 0 Å². The maximum absolute atomic E-state index is 3.61. The Morgan fingerprint density at radius 1 is 1.43 bits per heavy atom. The van der Waals surface area contributed by atoms with Crippen molar-refractivity contribution in [2.45, 2.75) is 25.0 Å². The van der Waals surface area contributed by atoms with Gasteiger partial charge in [0.05, 0.1) is 5.66 Å². The third kappa shape index (κ3) is 1.26. The number of rotatable bonds is 2. The lowest BCUT2D eigenvalue weighted by Crippen LogP contribution is -2.46. The Hall–Kier alpha value is -0.860. The molecule has 2 aliphatic rings. The zero-order chi connectivity index (χ0) is 9.60. The van der Waals surface area contributed by atoms with Gasteiger partial charge in [-0.3, -0.25) is 10.2 Å². The second-order valence-electron chi connectivity index (χ2n) is 4.62. The Balaban J connectivity index is 1.78. The molecule has 1 N–H and O–H groups in total. The molecule has 14 heavy (non-hydrogen) atoms. The molecule has 1 aromatic rings. The summed E-state index contributed by atoms with van der Waals surface area (Å²) in [7, 11) is 0. The second kappa shape index (κ2) is 2.81. The van der Waals surface area contributed by atoms with E-state index < -0.39 is 0 Å². The predicted octanol–water partition coefficient (Wildman–Crippen LogP) is 1.23. The van der Waals surface area contributed by atoms with Crippen molar-refractivity contribution in [3.05, 3.63) is 35.9 Å². The van der Waals surface area contributed by atoms with Crippen LogP contribution in [0.4, 0.5) is 0 Å². The molecule has 3 rings (SSSR count). The van der Waals surface area contributed by atoms with Crippen LogP contribution in [0.5, 0.6) is 0 Å². The Morgan fingerprint density at radius 2 is 2.21 bits per heavy atom. The van der Waals surface area contributed by atoms with Crippen molar-refractivity contribution in [1.82, 2.24) is 10.2 Å². The van der Waals surface area contributed by atoms with Crippen molar-refractivity contribution in [2.24, 2.45) is 0 Å². The standard InChI is InChI=1S/C12H16N2/c1-12(13-8-11-9-14(11)12)7-10-5-3-2-4-6-10/h2-6,11,13H,7-9H2,1H3. The fourth-order valence-electron chi connectivity index (χ4n) is 2.56. The summed E-state index contributed by atoms with van der Waals surface area (Å²) in [5, 5.41) is 3.61. The molecule has 2 aliphatic heterocycles. The summed E-state index contributed by atoms with van der Waals surface area (Å²) < 4.78 is 0. The zero-order valence-electron chi connectivity index (χ0n) is 8.53. The Bertz CT molecular complexity index is 335. The molecule has 2 fully saturated rings. The summed E-state index contributed by atoms with van der Waals surface area (Å²) in [6.07, 6.45) is 1.12. The molecular formula is C12H16N2. The summed E-state index contributed by atoms with van der Waals surface area (Å²) in [4.78, 5) is 2.56. The van der Waals surface area contributed by atoms with Crippen LogP contribution in [0.2, 0.25) is 0 Å². The molecule has 0 radical (unpaired) electrons. The summed E-state index contributed by atoms with van der Waals surface area (Å²) in [6.45, 7) is 4.77. The van der Waals surface area contributed by atoms with Gasteiger partial charge in [-0.05, 0) is 12.5 Å². The molecular weight excluding hydrogens is 172 g/mol. The van der Waals surface area contributed by atoms with Gasteiger partial charge in [-0.15, -0.1) is 0 Å². The predicted molar refractivity (Wildman–Crippen MR) is 57.0 cm³/mol. The van der Waals surface area contributed by atoms with Crippen LogP contribution in [-0.2, 0) is 6.42 Å². The number of hydrogen-bond donors (Lipinski definition) is 1. The molecule has 2 heterocycles. The fourth-order valence-corrected chi connectivity index (χ4v) is 2.56. The van der Waals surface area contributed by atoms with Gasteiger partial charge in [-0.2, -0.15) is 0 Å². The highest BCUT2D eigenvalue weighted by molar-refractivity contribution is 5.20. The maximum atomic E-state index is 3.61. The highest BCUT2D eigenvalue weighted by atomic mass is 15.5. The third-order valence-corrected chi connectivity index (χ3v) is 3.46. The summed E-state index contributed by atoms with van der Waals surface area (Å²) in [5.41, 5.74) is 1.64. The van der Waals surface area contributed by atoms with E-state index in [1.54, 1.807) is 0 Å². The number of nitrogens with one attached hydrogen (secondary N) is 1. The topological polar surface area (TPSA) is 15.0 Å².